The third-order valence-electron chi connectivity index (χ3n) is 4.67. The number of halogens is 1. The fourth-order valence-corrected chi connectivity index (χ4v) is 3.47. The van der Waals surface area contributed by atoms with Crippen LogP contribution in [0.2, 0.25) is 5.02 Å². The maximum Gasteiger partial charge on any atom is 0.228 e. The number of rotatable bonds is 5. The number of nitrogens with zero attached hydrogens (tertiary/aromatic N) is 1. The van der Waals surface area contributed by atoms with Gasteiger partial charge in [-0.3, -0.25) is 14.5 Å². The molecule has 27 heavy (non-hydrogen) atoms. The van der Waals surface area contributed by atoms with Crippen LogP contribution in [-0.4, -0.2) is 29.8 Å². The lowest BCUT2D eigenvalue weighted by Crippen LogP contribution is -2.40. The molecule has 0 saturated carbocycles. The van der Waals surface area contributed by atoms with Gasteiger partial charge >= 0.3 is 0 Å². The Morgan fingerprint density at radius 1 is 1.04 bits per heavy atom. The van der Waals surface area contributed by atoms with E-state index in [9.17, 15) is 9.59 Å². The van der Waals surface area contributed by atoms with Crippen LogP contribution in [0, 0.1) is 5.92 Å². The third kappa shape index (κ3) is 5.81. The molecule has 0 aromatic heterocycles. The third-order valence-corrected chi connectivity index (χ3v) is 4.92. The summed E-state index contributed by atoms with van der Waals surface area (Å²) in [5.41, 5.74) is 2.66. The van der Waals surface area contributed by atoms with E-state index in [1.807, 2.05) is 24.3 Å². The predicted octanol–water partition coefficient (Wildman–Crippen LogP) is 4.15. The number of likely N-dealkylation sites (tertiary alicyclic amines) is 1. The van der Waals surface area contributed by atoms with Crippen LogP contribution < -0.4 is 10.6 Å². The van der Waals surface area contributed by atoms with Crippen LogP contribution in [0.1, 0.15) is 25.3 Å². The molecule has 2 N–H and O–H groups in total. The Morgan fingerprint density at radius 2 is 1.67 bits per heavy atom. The molecule has 142 valence electrons. The lowest BCUT2D eigenvalue weighted by Gasteiger charge is -2.32. The van der Waals surface area contributed by atoms with Gasteiger partial charge in [-0.25, -0.2) is 0 Å². The highest BCUT2D eigenvalue weighted by molar-refractivity contribution is 6.30. The van der Waals surface area contributed by atoms with E-state index < -0.39 is 0 Å². The Kier molecular flexibility index (Phi) is 6.48. The summed E-state index contributed by atoms with van der Waals surface area (Å²) in [7, 11) is 0. The van der Waals surface area contributed by atoms with Crippen LogP contribution in [0.25, 0.3) is 0 Å². The monoisotopic (exact) mass is 385 g/mol. The van der Waals surface area contributed by atoms with Crippen LogP contribution in [0.4, 0.5) is 11.4 Å². The maximum atomic E-state index is 12.6. The first-order chi connectivity index (χ1) is 13.0. The van der Waals surface area contributed by atoms with E-state index in [1.54, 1.807) is 24.3 Å². The van der Waals surface area contributed by atoms with Crippen molar-refractivity contribution >= 4 is 34.8 Å². The number of benzene rings is 2. The molecule has 2 aromatic carbocycles. The quantitative estimate of drug-likeness (QED) is 0.812. The average molecular weight is 386 g/mol. The molecule has 1 aliphatic heterocycles. The Morgan fingerprint density at radius 3 is 2.30 bits per heavy atom. The topological polar surface area (TPSA) is 61.4 Å². The number of hydrogen-bond donors (Lipinski definition) is 2. The molecule has 6 heteroatoms. The van der Waals surface area contributed by atoms with Gasteiger partial charge in [-0.05, 0) is 61.3 Å². The summed E-state index contributed by atoms with van der Waals surface area (Å²) in [6.07, 6.45) is 1.90. The van der Waals surface area contributed by atoms with Gasteiger partial charge in [0.25, 0.3) is 0 Å². The van der Waals surface area contributed by atoms with Gasteiger partial charge in [0, 0.05) is 36.4 Å². The summed E-state index contributed by atoms with van der Waals surface area (Å²) in [5, 5.41) is 6.44. The van der Waals surface area contributed by atoms with Crippen LogP contribution in [0.15, 0.2) is 48.5 Å². The van der Waals surface area contributed by atoms with E-state index in [1.165, 1.54) is 12.5 Å². The first-order valence-electron chi connectivity index (χ1n) is 9.15. The minimum atomic E-state index is -0.116. The van der Waals surface area contributed by atoms with E-state index in [0.29, 0.717) is 5.69 Å². The van der Waals surface area contributed by atoms with Crippen molar-refractivity contribution in [1.82, 2.24) is 4.90 Å². The van der Waals surface area contributed by atoms with Crippen LogP contribution in [0.5, 0.6) is 0 Å². The fourth-order valence-electron chi connectivity index (χ4n) is 3.35. The summed E-state index contributed by atoms with van der Waals surface area (Å²) in [4.78, 5) is 26.0. The average Bonchev–Trinajstić information content (AvgIpc) is 2.65. The first kappa shape index (κ1) is 19.4. The van der Waals surface area contributed by atoms with E-state index in [4.69, 9.17) is 11.6 Å². The second-order valence-electron chi connectivity index (χ2n) is 6.95. The maximum absolute atomic E-state index is 12.6. The number of carbonyl (C=O) groups excluding carboxylic acids is 2. The molecule has 0 spiro atoms. The first-order valence-corrected chi connectivity index (χ1v) is 9.53. The molecule has 0 bridgehead atoms. The summed E-state index contributed by atoms with van der Waals surface area (Å²) in [5.74, 6) is -0.0982. The van der Waals surface area contributed by atoms with Crippen molar-refractivity contribution < 1.29 is 9.59 Å². The number of anilines is 2. The minimum Gasteiger partial charge on any atom is -0.326 e. The molecule has 2 aromatic rings. The van der Waals surface area contributed by atoms with Crippen molar-refractivity contribution in [3.63, 3.8) is 0 Å². The van der Waals surface area contributed by atoms with Gasteiger partial charge in [0.15, 0.2) is 0 Å². The summed E-state index contributed by atoms with van der Waals surface area (Å²) < 4.78 is 0. The number of hydrogen-bond acceptors (Lipinski definition) is 3. The summed E-state index contributed by atoms with van der Waals surface area (Å²) in [6.45, 7) is 4.04. The van der Waals surface area contributed by atoms with Crippen molar-refractivity contribution in [3.05, 3.63) is 59.1 Å². The highest BCUT2D eigenvalue weighted by atomic mass is 35.5. The molecule has 0 aliphatic carbocycles. The van der Waals surface area contributed by atoms with Crippen molar-refractivity contribution in [2.75, 3.05) is 23.7 Å². The molecule has 1 atom stereocenters. The molecule has 1 fully saturated rings. The second kappa shape index (κ2) is 9.02. The number of carbonyl (C=O) groups is 2. The highest BCUT2D eigenvalue weighted by Gasteiger charge is 2.25. The smallest absolute Gasteiger partial charge is 0.228 e. The van der Waals surface area contributed by atoms with Crippen LogP contribution >= 0.6 is 11.6 Å². The zero-order chi connectivity index (χ0) is 19.2. The SMILES string of the molecule is CC(=O)Nc1ccc(NC(=O)[C@H]2CCCN(Cc3ccc(Cl)cc3)C2)cc1. The summed E-state index contributed by atoms with van der Waals surface area (Å²) >= 11 is 5.94. The van der Waals surface area contributed by atoms with Crippen molar-refractivity contribution in [2.45, 2.75) is 26.3 Å². The Labute approximate surface area is 164 Å². The lowest BCUT2D eigenvalue weighted by molar-refractivity contribution is -0.121. The molecule has 1 aliphatic rings. The molecule has 0 radical (unpaired) electrons. The molecule has 0 unspecified atom stereocenters. The number of amides is 2. The van der Waals surface area contributed by atoms with Gasteiger partial charge in [0.05, 0.1) is 5.92 Å². The second-order valence-corrected chi connectivity index (χ2v) is 7.38. The molecule has 1 heterocycles. The molecular formula is C21H24ClN3O2. The molecular weight excluding hydrogens is 362 g/mol. The van der Waals surface area contributed by atoms with Gasteiger partial charge < -0.3 is 10.6 Å². The van der Waals surface area contributed by atoms with Crippen molar-refractivity contribution in [2.24, 2.45) is 5.92 Å². The summed E-state index contributed by atoms with van der Waals surface area (Å²) in [6, 6.07) is 15.0. The standard InChI is InChI=1S/C21H24ClN3O2/c1-15(26)23-19-8-10-20(11-9-19)24-21(27)17-3-2-12-25(14-17)13-16-4-6-18(22)7-5-16/h4-11,17H,2-3,12-14H2,1H3,(H,23,26)(H,24,27)/t17-/m0/s1. The highest BCUT2D eigenvalue weighted by Crippen LogP contribution is 2.22. The van der Waals surface area contributed by atoms with Crippen LogP contribution in [-0.2, 0) is 16.1 Å². The van der Waals surface area contributed by atoms with Crippen molar-refractivity contribution in [1.29, 1.82) is 0 Å². The number of nitrogens with one attached hydrogen (secondary N) is 2. The van der Waals surface area contributed by atoms with E-state index in [-0.39, 0.29) is 17.7 Å². The van der Waals surface area contributed by atoms with E-state index >= 15 is 0 Å². The van der Waals surface area contributed by atoms with Gasteiger partial charge in [-0.2, -0.15) is 0 Å². The van der Waals surface area contributed by atoms with Gasteiger partial charge in [-0.1, -0.05) is 23.7 Å². The predicted molar refractivity (Wildman–Crippen MR) is 109 cm³/mol. The normalized spacial score (nSPS) is 17.3. The largest absolute Gasteiger partial charge is 0.326 e. The van der Waals surface area contributed by atoms with Gasteiger partial charge in [-0.15, -0.1) is 0 Å². The lowest BCUT2D eigenvalue weighted by atomic mass is 9.96. The van der Waals surface area contributed by atoms with E-state index in [2.05, 4.69) is 15.5 Å². The molecule has 1 saturated heterocycles. The zero-order valence-electron chi connectivity index (χ0n) is 15.4. The Hall–Kier alpha value is -2.37. The Bertz CT molecular complexity index is 790. The van der Waals surface area contributed by atoms with E-state index in [0.717, 1.165) is 43.2 Å². The van der Waals surface area contributed by atoms with Crippen molar-refractivity contribution in [3.8, 4) is 0 Å². The number of piperidine rings is 1. The van der Waals surface area contributed by atoms with Crippen LogP contribution in [0.3, 0.4) is 0 Å². The molecule has 3 rings (SSSR count). The minimum absolute atomic E-state index is 0.0268. The molecule has 5 nitrogen and oxygen atoms in total. The molecule has 2 amide bonds. The van der Waals surface area contributed by atoms with Gasteiger partial charge in [0.1, 0.15) is 0 Å². The zero-order valence-corrected chi connectivity index (χ0v) is 16.1. The van der Waals surface area contributed by atoms with Gasteiger partial charge in [0.2, 0.25) is 11.8 Å². The fraction of sp³-hybridized carbons (Fsp3) is 0.333. The Balaban J connectivity index is 1.54.